The van der Waals surface area contributed by atoms with E-state index >= 15 is 0 Å². The third-order valence-corrected chi connectivity index (χ3v) is 4.99. The predicted molar refractivity (Wildman–Crippen MR) is 118 cm³/mol. The van der Waals surface area contributed by atoms with Gasteiger partial charge in [0.1, 0.15) is 17.2 Å². The Bertz CT molecular complexity index is 943. The molecule has 0 bridgehead atoms. The molecule has 0 spiro atoms. The number of aryl methyl sites for hydroxylation is 3. The second kappa shape index (κ2) is 10.4. The predicted octanol–water partition coefficient (Wildman–Crippen LogP) is 5.76. The SMILES string of the molecule is CC=Nc1ccccc1C.Cc1ccc(COc2cc(C)sc2C(N)=O)cc1. The van der Waals surface area contributed by atoms with Crippen molar-refractivity contribution in [3.63, 3.8) is 0 Å². The first kappa shape index (κ1) is 21.4. The number of amides is 1. The number of primary amides is 1. The molecule has 0 saturated carbocycles. The van der Waals surface area contributed by atoms with E-state index in [0.717, 1.165) is 16.1 Å². The quantitative estimate of drug-likeness (QED) is 0.559. The minimum atomic E-state index is -0.438. The fraction of sp³-hybridized carbons (Fsp3) is 0.217. The van der Waals surface area contributed by atoms with Crippen molar-refractivity contribution >= 4 is 29.1 Å². The molecule has 146 valence electrons. The Morgan fingerprint density at radius 1 is 1.11 bits per heavy atom. The number of nitrogens with two attached hydrogens (primary N) is 1. The lowest BCUT2D eigenvalue weighted by molar-refractivity contribution is 0.1000. The van der Waals surface area contributed by atoms with Gasteiger partial charge in [-0.1, -0.05) is 48.0 Å². The summed E-state index contributed by atoms with van der Waals surface area (Å²) in [5.41, 5.74) is 9.87. The zero-order valence-electron chi connectivity index (χ0n) is 16.7. The topological polar surface area (TPSA) is 64.7 Å². The van der Waals surface area contributed by atoms with E-state index in [9.17, 15) is 4.79 Å². The summed E-state index contributed by atoms with van der Waals surface area (Å²) in [6, 6.07) is 18.0. The van der Waals surface area contributed by atoms with Gasteiger partial charge in [0.25, 0.3) is 5.91 Å². The smallest absolute Gasteiger partial charge is 0.262 e. The van der Waals surface area contributed by atoms with Crippen molar-refractivity contribution in [1.29, 1.82) is 0 Å². The third-order valence-electron chi connectivity index (χ3n) is 3.94. The monoisotopic (exact) mass is 394 g/mol. The van der Waals surface area contributed by atoms with Gasteiger partial charge in [0, 0.05) is 11.1 Å². The molecule has 2 N–H and O–H groups in total. The molecule has 0 aliphatic rings. The highest BCUT2D eigenvalue weighted by molar-refractivity contribution is 7.14. The van der Waals surface area contributed by atoms with E-state index in [4.69, 9.17) is 10.5 Å². The van der Waals surface area contributed by atoms with Crippen LogP contribution < -0.4 is 10.5 Å². The van der Waals surface area contributed by atoms with Crippen molar-refractivity contribution < 1.29 is 9.53 Å². The van der Waals surface area contributed by atoms with Gasteiger partial charge >= 0.3 is 0 Å². The minimum absolute atomic E-state index is 0.438. The van der Waals surface area contributed by atoms with Gasteiger partial charge in [0.15, 0.2) is 0 Å². The highest BCUT2D eigenvalue weighted by Crippen LogP contribution is 2.29. The zero-order chi connectivity index (χ0) is 20.5. The number of carbonyl (C=O) groups excluding carboxylic acids is 1. The maximum absolute atomic E-state index is 11.2. The van der Waals surface area contributed by atoms with Crippen LogP contribution in [-0.4, -0.2) is 12.1 Å². The summed E-state index contributed by atoms with van der Waals surface area (Å²) in [6.45, 7) is 8.39. The molecule has 2 aromatic carbocycles. The molecule has 0 radical (unpaired) electrons. The van der Waals surface area contributed by atoms with E-state index in [1.165, 1.54) is 22.5 Å². The number of aliphatic imine (C=N–C) groups is 1. The molecule has 28 heavy (non-hydrogen) atoms. The largest absolute Gasteiger partial charge is 0.487 e. The molecule has 0 saturated heterocycles. The van der Waals surface area contributed by atoms with E-state index < -0.39 is 5.91 Å². The Morgan fingerprint density at radius 2 is 1.79 bits per heavy atom. The van der Waals surface area contributed by atoms with Crippen LogP contribution in [0.2, 0.25) is 0 Å². The summed E-state index contributed by atoms with van der Waals surface area (Å²) in [7, 11) is 0. The van der Waals surface area contributed by atoms with Gasteiger partial charge in [-0.2, -0.15) is 0 Å². The van der Waals surface area contributed by atoms with Gasteiger partial charge in [-0.25, -0.2) is 0 Å². The summed E-state index contributed by atoms with van der Waals surface area (Å²) in [4.78, 5) is 16.9. The van der Waals surface area contributed by atoms with Crippen LogP contribution in [0.3, 0.4) is 0 Å². The van der Waals surface area contributed by atoms with E-state index in [2.05, 4.69) is 18.0 Å². The maximum Gasteiger partial charge on any atom is 0.262 e. The average Bonchev–Trinajstić information content (AvgIpc) is 3.05. The molecule has 0 fully saturated rings. The molecule has 5 heteroatoms. The average molecular weight is 395 g/mol. The molecule has 1 heterocycles. The molecular formula is C23H26N2O2S. The summed E-state index contributed by atoms with van der Waals surface area (Å²) < 4.78 is 5.65. The summed E-state index contributed by atoms with van der Waals surface area (Å²) in [6.07, 6.45) is 1.81. The van der Waals surface area contributed by atoms with Crippen LogP contribution in [0.5, 0.6) is 5.75 Å². The van der Waals surface area contributed by atoms with Crippen LogP contribution in [-0.2, 0) is 6.61 Å². The molecule has 1 amide bonds. The minimum Gasteiger partial charge on any atom is -0.487 e. The number of carbonyl (C=O) groups is 1. The number of ether oxygens (including phenoxy) is 1. The van der Waals surface area contributed by atoms with Gasteiger partial charge in [0.2, 0.25) is 0 Å². The highest BCUT2D eigenvalue weighted by atomic mass is 32.1. The Kier molecular flexibility index (Phi) is 7.96. The van der Waals surface area contributed by atoms with Crippen LogP contribution in [0.1, 0.15) is 38.2 Å². The second-order valence-corrected chi connectivity index (χ2v) is 7.62. The Labute approximate surface area is 170 Å². The number of rotatable bonds is 5. The van der Waals surface area contributed by atoms with Crippen LogP contribution in [0.15, 0.2) is 59.6 Å². The van der Waals surface area contributed by atoms with E-state index in [1.54, 1.807) is 0 Å². The van der Waals surface area contributed by atoms with Crippen LogP contribution in [0, 0.1) is 20.8 Å². The lowest BCUT2D eigenvalue weighted by atomic mass is 10.2. The first-order valence-electron chi connectivity index (χ1n) is 9.03. The number of nitrogens with zero attached hydrogens (tertiary/aromatic N) is 1. The fourth-order valence-corrected chi connectivity index (χ4v) is 3.27. The van der Waals surface area contributed by atoms with Crippen molar-refractivity contribution in [1.82, 2.24) is 0 Å². The van der Waals surface area contributed by atoms with Crippen LogP contribution in [0.25, 0.3) is 0 Å². The Balaban J connectivity index is 0.000000237. The van der Waals surface area contributed by atoms with Crippen molar-refractivity contribution in [2.45, 2.75) is 34.3 Å². The van der Waals surface area contributed by atoms with E-state index in [0.29, 0.717) is 17.2 Å². The Hall–Kier alpha value is -2.92. The van der Waals surface area contributed by atoms with Crippen LogP contribution >= 0.6 is 11.3 Å². The molecule has 0 unspecified atom stereocenters. The maximum atomic E-state index is 11.2. The summed E-state index contributed by atoms with van der Waals surface area (Å²) in [5.74, 6) is 0.137. The number of hydrogen-bond donors (Lipinski definition) is 1. The summed E-state index contributed by atoms with van der Waals surface area (Å²) >= 11 is 1.36. The normalized spacial score (nSPS) is 10.4. The van der Waals surface area contributed by atoms with Gasteiger partial charge in [-0.15, -0.1) is 11.3 Å². The molecule has 4 nitrogen and oxygen atoms in total. The second-order valence-electron chi connectivity index (χ2n) is 6.36. The molecule has 1 aromatic heterocycles. The van der Waals surface area contributed by atoms with E-state index in [-0.39, 0.29) is 0 Å². The van der Waals surface area contributed by atoms with Gasteiger partial charge in [0.05, 0.1) is 5.69 Å². The van der Waals surface area contributed by atoms with Crippen molar-refractivity contribution in [2.75, 3.05) is 0 Å². The first-order chi connectivity index (χ1) is 13.4. The standard InChI is InChI=1S/C14H15NO2S.C9H11N/c1-9-3-5-11(6-4-9)8-17-12-7-10(2)18-13(12)14(15)16;1-3-10-9-7-5-4-6-8(9)2/h3-7H,8H2,1-2H3,(H2,15,16);3-7H,1-2H3. The number of benzene rings is 2. The number of para-hydroxylation sites is 1. The zero-order valence-corrected chi connectivity index (χ0v) is 17.5. The highest BCUT2D eigenvalue weighted by Gasteiger charge is 2.13. The first-order valence-corrected chi connectivity index (χ1v) is 9.85. The Morgan fingerprint density at radius 3 is 2.39 bits per heavy atom. The lowest BCUT2D eigenvalue weighted by Gasteiger charge is -2.06. The van der Waals surface area contributed by atoms with Gasteiger partial charge in [-0.3, -0.25) is 9.79 Å². The third kappa shape index (κ3) is 6.35. The molecular weight excluding hydrogens is 368 g/mol. The molecule has 0 aliphatic heterocycles. The van der Waals surface area contributed by atoms with Crippen LogP contribution in [0.4, 0.5) is 5.69 Å². The van der Waals surface area contributed by atoms with Crippen molar-refractivity contribution in [3.8, 4) is 5.75 Å². The number of hydrogen-bond acceptors (Lipinski definition) is 4. The van der Waals surface area contributed by atoms with E-state index in [1.807, 2.05) is 75.5 Å². The van der Waals surface area contributed by atoms with Gasteiger partial charge in [-0.05, 0) is 51.0 Å². The fourth-order valence-electron chi connectivity index (χ4n) is 2.46. The molecule has 0 atom stereocenters. The molecule has 0 aliphatic carbocycles. The van der Waals surface area contributed by atoms with Crippen molar-refractivity contribution in [3.05, 3.63) is 81.0 Å². The van der Waals surface area contributed by atoms with Gasteiger partial charge < -0.3 is 10.5 Å². The summed E-state index contributed by atoms with van der Waals surface area (Å²) in [5, 5.41) is 0. The van der Waals surface area contributed by atoms with Crippen molar-refractivity contribution in [2.24, 2.45) is 10.7 Å². The number of thiophene rings is 1. The lowest BCUT2D eigenvalue weighted by Crippen LogP contribution is -2.10. The molecule has 3 aromatic rings. The molecule has 3 rings (SSSR count).